The number of amides is 1. The van der Waals surface area contributed by atoms with Crippen molar-refractivity contribution in [2.45, 2.75) is 33.7 Å². The molecule has 0 bridgehead atoms. The largest absolute Gasteiger partial charge is 0.480 e. The molecular weight excluding hydrogens is 186 g/mol. The third kappa shape index (κ3) is 6.28. The fourth-order valence-electron chi connectivity index (χ4n) is 0.699. The second-order valence-corrected chi connectivity index (χ2v) is 2.70. The van der Waals surface area contributed by atoms with Gasteiger partial charge in [-0.3, -0.25) is 0 Å². The van der Waals surface area contributed by atoms with Gasteiger partial charge in [0.25, 0.3) is 0 Å². The zero-order valence-electron chi connectivity index (χ0n) is 9.33. The van der Waals surface area contributed by atoms with E-state index in [2.05, 4.69) is 10.1 Å². The average molecular weight is 205 g/mol. The third-order valence-electron chi connectivity index (χ3n) is 1.39. The van der Waals surface area contributed by atoms with Gasteiger partial charge in [0.1, 0.15) is 6.04 Å². The minimum Gasteiger partial charge on any atom is -0.480 e. The van der Waals surface area contributed by atoms with Gasteiger partial charge in [-0.05, 0) is 5.92 Å². The Morgan fingerprint density at radius 1 is 1.29 bits per heavy atom. The van der Waals surface area contributed by atoms with Gasteiger partial charge in [-0.2, -0.15) is 0 Å². The first-order chi connectivity index (χ1) is 6.49. The van der Waals surface area contributed by atoms with Crippen LogP contribution in [0.4, 0.5) is 4.79 Å². The fourth-order valence-corrected chi connectivity index (χ4v) is 0.699. The summed E-state index contributed by atoms with van der Waals surface area (Å²) in [5, 5.41) is 10.8. The first-order valence-corrected chi connectivity index (χ1v) is 4.56. The molecule has 1 unspecified atom stereocenters. The van der Waals surface area contributed by atoms with E-state index in [1.54, 1.807) is 13.8 Å². The van der Waals surface area contributed by atoms with Gasteiger partial charge in [0.15, 0.2) is 0 Å². The molecule has 1 amide bonds. The molecule has 14 heavy (non-hydrogen) atoms. The summed E-state index contributed by atoms with van der Waals surface area (Å²) >= 11 is 0. The van der Waals surface area contributed by atoms with Crippen molar-refractivity contribution >= 4 is 12.1 Å². The molecule has 0 rings (SSSR count). The van der Waals surface area contributed by atoms with Crippen molar-refractivity contribution in [3.05, 3.63) is 0 Å². The molecule has 1 atom stereocenters. The molecule has 0 radical (unpaired) electrons. The number of carboxylic acids is 1. The zero-order chi connectivity index (χ0) is 11.7. The van der Waals surface area contributed by atoms with Crippen LogP contribution in [0.5, 0.6) is 0 Å². The topological polar surface area (TPSA) is 75.6 Å². The van der Waals surface area contributed by atoms with Crippen LogP contribution >= 0.6 is 0 Å². The highest BCUT2D eigenvalue weighted by Gasteiger charge is 2.23. The van der Waals surface area contributed by atoms with Crippen LogP contribution in [-0.2, 0) is 9.53 Å². The van der Waals surface area contributed by atoms with Crippen LogP contribution in [0, 0.1) is 5.92 Å². The Balaban J connectivity index is 0. The molecule has 0 aliphatic carbocycles. The number of hydrogen-bond donors (Lipinski definition) is 2. The zero-order valence-corrected chi connectivity index (χ0v) is 9.33. The summed E-state index contributed by atoms with van der Waals surface area (Å²) in [6.45, 7) is 7.41. The summed E-state index contributed by atoms with van der Waals surface area (Å²) in [5.41, 5.74) is 0. The maximum Gasteiger partial charge on any atom is 0.407 e. The first kappa shape index (κ1) is 15.2. The highest BCUT2D eigenvalue weighted by atomic mass is 16.5. The third-order valence-corrected chi connectivity index (χ3v) is 1.39. The van der Waals surface area contributed by atoms with E-state index in [0.29, 0.717) is 0 Å². The molecule has 0 spiro atoms. The van der Waals surface area contributed by atoms with Crippen molar-refractivity contribution in [1.82, 2.24) is 5.32 Å². The van der Waals surface area contributed by atoms with Crippen molar-refractivity contribution in [2.75, 3.05) is 7.11 Å². The average Bonchev–Trinajstić information content (AvgIpc) is 2.15. The van der Waals surface area contributed by atoms with Gasteiger partial charge in [-0.25, -0.2) is 9.59 Å². The van der Waals surface area contributed by atoms with E-state index >= 15 is 0 Å². The van der Waals surface area contributed by atoms with E-state index in [1.807, 2.05) is 13.8 Å². The van der Waals surface area contributed by atoms with E-state index in [-0.39, 0.29) is 5.92 Å². The summed E-state index contributed by atoms with van der Waals surface area (Å²) in [6, 6.07) is -0.891. The summed E-state index contributed by atoms with van der Waals surface area (Å²) in [6.07, 6.45) is -0.726. The standard InChI is InChI=1S/C7H13NO4.C2H6/c1-4(2)5(6(9)10)8-7(11)12-3;1-2/h4-5H,1-3H3,(H,8,11)(H,9,10);1-2H3. The van der Waals surface area contributed by atoms with Crippen molar-refractivity contribution in [3.63, 3.8) is 0 Å². The monoisotopic (exact) mass is 205 g/mol. The highest BCUT2D eigenvalue weighted by molar-refractivity contribution is 5.80. The minimum atomic E-state index is -1.06. The van der Waals surface area contributed by atoms with E-state index in [4.69, 9.17) is 5.11 Å². The number of hydrogen-bond acceptors (Lipinski definition) is 3. The molecule has 0 aliphatic rings. The van der Waals surface area contributed by atoms with Crippen LogP contribution in [0.15, 0.2) is 0 Å². The molecule has 5 heteroatoms. The molecule has 5 nitrogen and oxygen atoms in total. The molecule has 0 aromatic rings. The first-order valence-electron chi connectivity index (χ1n) is 4.56. The van der Waals surface area contributed by atoms with Gasteiger partial charge in [0.05, 0.1) is 7.11 Å². The van der Waals surface area contributed by atoms with Gasteiger partial charge in [0, 0.05) is 0 Å². The second kappa shape index (κ2) is 8.34. The molecule has 0 saturated heterocycles. The number of nitrogens with one attached hydrogen (secondary N) is 1. The predicted molar refractivity (Wildman–Crippen MR) is 53.2 cm³/mol. The molecule has 84 valence electrons. The quantitative estimate of drug-likeness (QED) is 0.731. The number of alkyl carbamates (subject to hydrolysis) is 1. The molecule has 0 aromatic carbocycles. The van der Waals surface area contributed by atoms with Crippen LogP contribution in [0.3, 0.4) is 0 Å². The molecule has 0 aliphatic heterocycles. The predicted octanol–water partition coefficient (Wildman–Crippen LogP) is 1.48. The summed E-state index contributed by atoms with van der Waals surface area (Å²) in [4.78, 5) is 21.2. The van der Waals surface area contributed by atoms with E-state index in [1.165, 1.54) is 7.11 Å². The van der Waals surface area contributed by atoms with Crippen molar-refractivity contribution in [3.8, 4) is 0 Å². The van der Waals surface area contributed by atoms with Gasteiger partial charge in [-0.15, -0.1) is 0 Å². The van der Waals surface area contributed by atoms with Crippen LogP contribution in [0.1, 0.15) is 27.7 Å². The number of aliphatic carboxylic acids is 1. The summed E-state index contributed by atoms with van der Waals surface area (Å²) < 4.78 is 4.27. The van der Waals surface area contributed by atoms with E-state index < -0.39 is 18.1 Å². The lowest BCUT2D eigenvalue weighted by atomic mass is 10.1. The number of methoxy groups -OCH3 is 1. The number of carboxylic acid groups (broad SMARTS) is 1. The van der Waals surface area contributed by atoms with Crippen molar-refractivity contribution in [1.29, 1.82) is 0 Å². The molecule has 2 N–H and O–H groups in total. The van der Waals surface area contributed by atoms with Gasteiger partial charge in [-0.1, -0.05) is 27.7 Å². The smallest absolute Gasteiger partial charge is 0.407 e. The lowest BCUT2D eigenvalue weighted by Crippen LogP contribution is -2.44. The Bertz CT molecular complexity index is 180. The molecule has 0 fully saturated rings. The lowest BCUT2D eigenvalue weighted by Gasteiger charge is -2.16. The van der Waals surface area contributed by atoms with Gasteiger partial charge < -0.3 is 15.2 Å². The number of rotatable bonds is 3. The number of carbonyl (C=O) groups excluding carboxylic acids is 1. The maximum atomic E-state index is 10.6. The summed E-state index contributed by atoms with van der Waals surface area (Å²) in [7, 11) is 1.19. The number of ether oxygens (including phenoxy) is 1. The Hall–Kier alpha value is -1.26. The fraction of sp³-hybridized carbons (Fsp3) is 0.778. The van der Waals surface area contributed by atoms with E-state index in [0.717, 1.165) is 0 Å². The molecule has 0 saturated carbocycles. The molecular formula is C9H19NO4. The number of carbonyl (C=O) groups is 2. The van der Waals surface area contributed by atoms with Crippen LogP contribution in [0.2, 0.25) is 0 Å². The Morgan fingerprint density at radius 2 is 1.71 bits per heavy atom. The molecule has 0 aromatic heterocycles. The van der Waals surface area contributed by atoms with Gasteiger partial charge >= 0.3 is 12.1 Å². The Kier molecular flexibility index (Phi) is 9.07. The highest BCUT2D eigenvalue weighted by Crippen LogP contribution is 2.01. The maximum absolute atomic E-state index is 10.6. The molecule has 0 heterocycles. The summed E-state index contributed by atoms with van der Waals surface area (Å²) in [5.74, 6) is -1.22. The van der Waals surface area contributed by atoms with Crippen molar-refractivity contribution < 1.29 is 19.4 Å². The SMILES string of the molecule is CC.COC(=O)NC(C(=O)O)C(C)C. The van der Waals surface area contributed by atoms with Crippen LogP contribution in [-0.4, -0.2) is 30.3 Å². The Labute approximate surface area is 84.4 Å². The second-order valence-electron chi connectivity index (χ2n) is 2.70. The lowest BCUT2D eigenvalue weighted by molar-refractivity contribution is -0.140. The van der Waals surface area contributed by atoms with Gasteiger partial charge in [0.2, 0.25) is 0 Å². The normalized spacial score (nSPS) is 11.0. The minimum absolute atomic E-state index is 0.165. The van der Waals surface area contributed by atoms with Crippen LogP contribution < -0.4 is 5.32 Å². The van der Waals surface area contributed by atoms with E-state index in [9.17, 15) is 9.59 Å². The van der Waals surface area contributed by atoms with Crippen molar-refractivity contribution in [2.24, 2.45) is 5.92 Å². The Morgan fingerprint density at radius 3 is 1.93 bits per heavy atom. The van der Waals surface area contributed by atoms with Crippen LogP contribution in [0.25, 0.3) is 0 Å².